The van der Waals surface area contributed by atoms with Crippen LogP contribution in [-0.4, -0.2) is 12.5 Å². The molecule has 0 saturated heterocycles. The van der Waals surface area contributed by atoms with Crippen LogP contribution in [0.4, 0.5) is 0 Å². The Balaban J connectivity index is 2.64. The van der Waals surface area contributed by atoms with Crippen LogP contribution in [0.3, 0.4) is 0 Å². The number of amides is 1. The zero-order chi connectivity index (χ0) is 11.1. The number of carbonyl (C=O) groups is 1. The van der Waals surface area contributed by atoms with Gasteiger partial charge in [-0.2, -0.15) is 0 Å². The Morgan fingerprint density at radius 2 is 2.20 bits per heavy atom. The van der Waals surface area contributed by atoms with Gasteiger partial charge < -0.3 is 5.32 Å². The summed E-state index contributed by atoms with van der Waals surface area (Å²) in [6.45, 7) is 1.82. The quantitative estimate of drug-likeness (QED) is 0.672. The predicted molar refractivity (Wildman–Crippen MR) is 59.9 cm³/mol. The van der Waals surface area contributed by atoms with Crippen molar-refractivity contribution in [1.82, 2.24) is 5.32 Å². The minimum absolute atomic E-state index is 0.0818. The van der Waals surface area contributed by atoms with Crippen molar-refractivity contribution in [3.8, 4) is 24.2 Å². The summed E-state index contributed by atoms with van der Waals surface area (Å²) >= 11 is 0. The van der Waals surface area contributed by atoms with Gasteiger partial charge in [-0.25, -0.2) is 0 Å². The van der Waals surface area contributed by atoms with Gasteiger partial charge in [0.25, 0.3) is 0 Å². The van der Waals surface area contributed by atoms with Crippen molar-refractivity contribution < 1.29 is 4.79 Å². The van der Waals surface area contributed by atoms with E-state index < -0.39 is 0 Å². The molecule has 1 aromatic rings. The molecule has 1 aromatic carbocycles. The Morgan fingerprint density at radius 1 is 1.47 bits per heavy atom. The van der Waals surface area contributed by atoms with Gasteiger partial charge in [0.05, 0.1) is 6.54 Å². The van der Waals surface area contributed by atoms with Crippen LogP contribution in [0.2, 0.25) is 0 Å². The number of carbonyl (C=O) groups excluding carboxylic acids is 1. The number of hydrogen-bond acceptors (Lipinski definition) is 1. The molecule has 0 spiro atoms. The first kappa shape index (κ1) is 10.9. The Kier molecular flexibility index (Phi) is 4.01. The minimum Gasteiger partial charge on any atom is -0.345 e. The van der Waals surface area contributed by atoms with Gasteiger partial charge in [-0.1, -0.05) is 23.8 Å². The second-order valence-corrected chi connectivity index (χ2v) is 2.94. The molecule has 0 radical (unpaired) electrons. The van der Waals surface area contributed by atoms with Crippen LogP contribution in [0.15, 0.2) is 24.3 Å². The lowest BCUT2D eigenvalue weighted by molar-refractivity contribution is -0.118. The van der Waals surface area contributed by atoms with Crippen molar-refractivity contribution >= 4 is 5.91 Å². The van der Waals surface area contributed by atoms with Crippen molar-refractivity contribution in [3.05, 3.63) is 35.4 Å². The molecule has 0 aliphatic heterocycles. The van der Waals surface area contributed by atoms with Crippen LogP contribution < -0.4 is 5.32 Å². The molecule has 0 bridgehead atoms. The lowest BCUT2D eigenvalue weighted by atomic mass is 10.1. The van der Waals surface area contributed by atoms with E-state index in [-0.39, 0.29) is 5.91 Å². The second-order valence-electron chi connectivity index (χ2n) is 2.94. The third-order valence-electron chi connectivity index (χ3n) is 1.69. The molecule has 0 aliphatic carbocycles. The van der Waals surface area contributed by atoms with Crippen LogP contribution in [0.1, 0.15) is 18.1 Å². The Morgan fingerprint density at radius 3 is 2.87 bits per heavy atom. The smallest absolute Gasteiger partial charge is 0.217 e. The Hall–Kier alpha value is -2.19. The zero-order valence-electron chi connectivity index (χ0n) is 8.50. The summed E-state index contributed by atoms with van der Waals surface area (Å²) in [5.41, 5.74) is 1.66. The Labute approximate surface area is 89.7 Å². The highest BCUT2D eigenvalue weighted by Gasteiger charge is 1.89. The molecule has 15 heavy (non-hydrogen) atoms. The van der Waals surface area contributed by atoms with E-state index in [0.717, 1.165) is 11.1 Å². The summed E-state index contributed by atoms with van der Waals surface area (Å²) in [5.74, 6) is 8.20. The maximum atomic E-state index is 10.6. The fourth-order valence-corrected chi connectivity index (χ4v) is 1.00. The molecule has 1 N–H and O–H groups in total. The summed E-state index contributed by atoms with van der Waals surface area (Å²) < 4.78 is 0. The summed E-state index contributed by atoms with van der Waals surface area (Å²) in [7, 11) is 0. The third kappa shape index (κ3) is 4.02. The highest BCUT2D eigenvalue weighted by Crippen LogP contribution is 2.01. The largest absolute Gasteiger partial charge is 0.345 e. The highest BCUT2D eigenvalue weighted by molar-refractivity contribution is 5.73. The molecule has 0 aromatic heterocycles. The normalized spacial score (nSPS) is 8.27. The SMILES string of the molecule is C#Cc1cccc(C#CCNC(C)=O)c1. The van der Waals surface area contributed by atoms with Gasteiger partial charge in [0.15, 0.2) is 0 Å². The molecule has 2 nitrogen and oxygen atoms in total. The average Bonchev–Trinajstić information content (AvgIpc) is 2.24. The van der Waals surface area contributed by atoms with E-state index in [0.29, 0.717) is 6.54 Å². The second kappa shape index (κ2) is 5.52. The minimum atomic E-state index is -0.0818. The maximum Gasteiger partial charge on any atom is 0.217 e. The van der Waals surface area contributed by atoms with E-state index >= 15 is 0 Å². The molecule has 0 atom stereocenters. The molecule has 0 aliphatic rings. The van der Waals surface area contributed by atoms with Crippen LogP contribution in [0, 0.1) is 24.2 Å². The monoisotopic (exact) mass is 197 g/mol. The number of rotatable bonds is 1. The molecule has 0 heterocycles. The molecule has 0 unspecified atom stereocenters. The molecular weight excluding hydrogens is 186 g/mol. The zero-order valence-corrected chi connectivity index (χ0v) is 8.50. The van der Waals surface area contributed by atoms with E-state index in [4.69, 9.17) is 6.42 Å². The van der Waals surface area contributed by atoms with Crippen LogP contribution in [-0.2, 0) is 4.79 Å². The molecule has 74 valence electrons. The van der Waals surface area contributed by atoms with Gasteiger partial charge in [0.2, 0.25) is 5.91 Å². The fraction of sp³-hybridized carbons (Fsp3) is 0.154. The molecule has 2 heteroatoms. The number of hydrogen-bond donors (Lipinski definition) is 1. The van der Waals surface area contributed by atoms with Crippen molar-refractivity contribution in [3.63, 3.8) is 0 Å². The molecule has 1 amide bonds. The van der Waals surface area contributed by atoms with E-state index in [2.05, 4.69) is 23.1 Å². The van der Waals surface area contributed by atoms with Gasteiger partial charge in [-0.15, -0.1) is 6.42 Å². The summed E-state index contributed by atoms with van der Waals surface area (Å²) in [6.07, 6.45) is 5.26. The van der Waals surface area contributed by atoms with E-state index in [1.807, 2.05) is 24.3 Å². The maximum absolute atomic E-state index is 10.6. The van der Waals surface area contributed by atoms with E-state index in [1.54, 1.807) is 0 Å². The van der Waals surface area contributed by atoms with Gasteiger partial charge in [-0.3, -0.25) is 4.79 Å². The first-order chi connectivity index (χ1) is 7.22. The van der Waals surface area contributed by atoms with Crippen LogP contribution in [0.5, 0.6) is 0 Å². The first-order valence-electron chi connectivity index (χ1n) is 4.52. The fourth-order valence-electron chi connectivity index (χ4n) is 1.00. The van der Waals surface area contributed by atoms with Crippen LogP contribution in [0.25, 0.3) is 0 Å². The topological polar surface area (TPSA) is 29.1 Å². The van der Waals surface area contributed by atoms with Crippen molar-refractivity contribution in [2.75, 3.05) is 6.54 Å². The molecule has 1 rings (SSSR count). The lowest BCUT2D eigenvalue weighted by Crippen LogP contribution is -2.19. The predicted octanol–water partition coefficient (Wildman–Crippen LogP) is 1.16. The average molecular weight is 197 g/mol. The summed E-state index contributed by atoms with van der Waals surface area (Å²) in [4.78, 5) is 10.6. The number of benzene rings is 1. The van der Waals surface area contributed by atoms with Crippen molar-refractivity contribution in [1.29, 1.82) is 0 Å². The molecule has 0 saturated carbocycles. The number of nitrogens with one attached hydrogen (secondary N) is 1. The Bertz CT molecular complexity index is 457. The van der Waals surface area contributed by atoms with Gasteiger partial charge in [-0.05, 0) is 18.2 Å². The van der Waals surface area contributed by atoms with Gasteiger partial charge in [0, 0.05) is 18.1 Å². The molecular formula is C13H11NO. The summed E-state index contributed by atoms with van der Waals surface area (Å²) in [6, 6.07) is 7.42. The highest BCUT2D eigenvalue weighted by atomic mass is 16.1. The van der Waals surface area contributed by atoms with Crippen molar-refractivity contribution in [2.24, 2.45) is 0 Å². The molecule has 0 fully saturated rings. The third-order valence-corrected chi connectivity index (χ3v) is 1.69. The lowest BCUT2D eigenvalue weighted by Gasteiger charge is -1.93. The summed E-state index contributed by atoms with van der Waals surface area (Å²) in [5, 5.41) is 2.59. The standard InChI is InChI=1S/C13H11NO/c1-3-12-6-4-7-13(10-12)8-5-9-14-11(2)15/h1,4,6-7,10H,9H2,2H3,(H,14,15). The van der Waals surface area contributed by atoms with Crippen LogP contribution >= 0.6 is 0 Å². The number of terminal acetylenes is 1. The van der Waals surface area contributed by atoms with E-state index in [9.17, 15) is 4.79 Å². The first-order valence-corrected chi connectivity index (χ1v) is 4.52. The van der Waals surface area contributed by atoms with Gasteiger partial charge in [0.1, 0.15) is 0 Å². The van der Waals surface area contributed by atoms with Gasteiger partial charge >= 0.3 is 0 Å². The van der Waals surface area contributed by atoms with Crippen molar-refractivity contribution in [2.45, 2.75) is 6.92 Å². The van der Waals surface area contributed by atoms with E-state index in [1.165, 1.54) is 6.92 Å².